The molecule has 2 aliphatic heterocycles. The molecule has 96 heavy (non-hydrogen) atoms. The summed E-state index contributed by atoms with van der Waals surface area (Å²) in [5, 5.41) is 21.8. The topological polar surface area (TPSA) is 72.8 Å². The smallest absolute Gasteiger partial charge is 0.248 e. The molecule has 3 N–H and O–H groups in total. The number of nitrogens with one attached hydrogen (secondary N) is 1. The van der Waals surface area contributed by atoms with Crippen LogP contribution < -0.4 is 5.32 Å². The van der Waals surface area contributed by atoms with Crippen molar-refractivity contribution in [3.05, 3.63) is 35.9 Å². The molecule has 2 heterocycles. The molecule has 9 fully saturated rings. The third-order valence-electron chi connectivity index (χ3n) is 24.2. The van der Waals surface area contributed by atoms with Gasteiger partial charge < -0.3 is 20.4 Å². The molecular weight excluding hydrogens is 1180 g/mol. The fourth-order valence-electron chi connectivity index (χ4n) is 14.9. The van der Waals surface area contributed by atoms with Gasteiger partial charge in [0.25, 0.3) is 0 Å². The van der Waals surface area contributed by atoms with Crippen LogP contribution in [0.2, 0.25) is 0 Å². The number of carbonyl (C=O) groups excluding carboxylic acids is 1. The highest BCUT2D eigenvalue weighted by molar-refractivity contribution is 5.73. The molecule has 0 spiro atoms. The number of piperidine rings is 2. The van der Waals surface area contributed by atoms with Crippen LogP contribution in [0, 0.1) is 102 Å². The van der Waals surface area contributed by atoms with Gasteiger partial charge in [0.15, 0.2) is 0 Å². The summed E-state index contributed by atoms with van der Waals surface area (Å²) in [6, 6.07) is 10.6. The Morgan fingerprint density at radius 2 is 0.677 bits per heavy atom. The molecule has 568 valence electrons. The Labute approximate surface area is 599 Å². The third-order valence-corrected chi connectivity index (χ3v) is 24.2. The number of likely N-dealkylation sites (tertiary alicyclic amines) is 1. The van der Waals surface area contributed by atoms with Gasteiger partial charge in [-0.05, 0) is 236 Å². The van der Waals surface area contributed by atoms with E-state index in [-0.39, 0.29) is 41.8 Å². The molecule has 7 heteroatoms. The fourth-order valence-corrected chi connectivity index (χ4v) is 14.9. The van der Waals surface area contributed by atoms with Gasteiger partial charge in [0.2, 0.25) is 11.8 Å². The van der Waals surface area contributed by atoms with Crippen molar-refractivity contribution in [3.63, 3.8) is 0 Å². The Morgan fingerprint density at radius 3 is 0.854 bits per heavy atom. The average Bonchev–Trinajstić information content (AvgIpc) is 0.993. The highest BCUT2D eigenvalue weighted by Gasteiger charge is 2.50. The summed E-state index contributed by atoms with van der Waals surface area (Å²) in [5.74, 6) is 5.40. The average molecular weight is 1350 g/mol. The van der Waals surface area contributed by atoms with Crippen molar-refractivity contribution in [3.8, 4) is 0 Å². The molecule has 7 aliphatic carbocycles. The number of hydrogen-bond donors (Lipinski definition) is 3. The lowest BCUT2D eigenvalue weighted by Gasteiger charge is -2.47. The first-order valence-electron chi connectivity index (χ1n) is 40.0. The Kier molecular flexibility index (Phi) is 37.4. The predicted molar refractivity (Wildman–Crippen MR) is 419 cm³/mol. The van der Waals surface area contributed by atoms with Crippen LogP contribution in [0.4, 0.5) is 8.78 Å². The molecule has 10 rings (SSSR count). The number of hydrogen-bond acceptors (Lipinski definition) is 4. The predicted octanol–water partition coefficient (Wildman–Crippen LogP) is 26.5. The van der Waals surface area contributed by atoms with E-state index in [2.05, 4.69) is 223 Å². The number of alkyl halides is 2. The second-order valence-corrected chi connectivity index (χ2v) is 43.3. The van der Waals surface area contributed by atoms with E-state index >= 15 is 0 Å². The van der Waals surface area contributed by atoms with E-state index < -0.39 is 5.92 Å². The van der Waals surface area contributed by atoms with E-state index in [1.54, 1.807) is 6.92 Å². The number of halogens is 2. The number of benzene rings is 1. The zero-order valence-electron chi connectivity index (χ0n) is 70.5. The molecule has 7 saturated carbocycles. The quantitative estimate of drug-likeness (QED) is 0.242. The Bertz CT molecular complexity index is 2110. The molecule has 0 radical (unpaired) electrons. The van der Waals surface area contributed by atoms with Crippen molar-refractivity contribution < 1.29 is 23.8 Å². The van der Waals surface area contributed by atoms with Crippen LogP contribution in [0.25, 0.3) is 0 Å². The summed E-state index contributed by atoms with van der Waals surface area (Å²) >= 11 is 0. The minimum Gasteiger partial charge on any atom is -0.393 e. The van der Waals surface area contributed by atoms with Crippen LogP contribution in [0.5, 0.6) is 0 Å². The van der Waals surface area contributed by atoms with E-state index in [1.807, 2.05) is 32.6 Å². The van der Waals surface area contributed by atoms with E-state index in [9.17, 15) is 18.7 Å². The SMILES string of the molecule is CC(=O)N1CCC(C(C)(C)C)CC1.CC(C)(C)C1CC(F)(F)C1.CC(C)(C)C1CC(O)C1.CC(C)(C)C1CC1.CC(C)(C)C1CCC1.CC(C)(C)C1CCCC1.CC(C)(C)C1CCCCC1.CC(C)(C)C1CCNCC1.CC(C)(C)c1ccccc1.CC1(O)CC(C(C)(C)C)C1. The van der Waals surface area contributed by atoms with Crippen molar-refractivity contribution in [1.82, 2.24) is 10.2 Å². The van der Waals surface area contributed by atoms with Gasteiger partial charge >= 0.3 is 0 Å². The number of carbonyl (C=O) groups is 1. The number of aliphatic hydroxyl groups excluding tert-OH is 1. The van der Waals surface area contributed by atoms with Gasteiger partial charge in [0, 0.05) is 32.9 Å². The van der Waals surface area contributed by atoms with Crippen LogP contribution in [-0.2, 0) is 10.2 Å². The molecule has 0 aromatic heterocycles. The lowest BCUT2D eigenvalue weighted by Crippen LogP contribution is -2.46. The molecular formula is C89H170F2N2O3. The van der Waals surface area contributed by atoms with Crippen LogP contribution in [0.3, 0.4) is 0 Å². The molecule has 5 nitrogen and oxygen atoms in total. The summed E-state index contributed by atoms with van der Waals surface area (Å²) in [4.78, 5) is 13.0. The first kappa shape index (κ1) is 92.4. The van der Waals surface area contributed by atoms with Gasteiger partial charge in [-0.15, -0.1) is 0 Å². The first-order valence-corrected chi connectivity index (χ1v) is 40.0. The van der Waals surface area contributed by atoms with Gasteiger partial charge in [-0.1, -0.05) is 277 Å². The molecule has 0 unspecified atom stereocenters. The molecule has 1 aromatic rings. The zero-order valence-corrected chi connectivity index (χ0v) is 70.5. The van der Waals surface area contributed by atoms with Gasteiger partial charge in [0.05, 0.1) is 11.7 Å². The van der Waals surface area contributed by atoms with Crippen LogP contribution >= 0.6 is 0 Å². The number of aliphatic hydroxyl groups is 2. The summed E-state index contributed by atoms with van der Waals surface area (Å²) in [6.45, 7) is 76.3. The monoisotopic (exact) mass is 1350 g/mol. The normalized spacial score (nSPS) is 24.9. The Hall–Kier alpha value is -1.57. The van der Waals surface area contributed by atoms with Gasteiger partial charge in [-0.25, -0.2) is 8.78 Å². The zero-order chi connectivity index (χ0) is 74.5. The fraction of sp³-hybridized carbons (Fsp3) is 0.921. The van der Waals surface area contributed by atoms with Gasteiger partial charge in [-0.3, -0.25) is 4.79 Å². The molecule has 2 saturated heterocycles. The minimum absolute atomic E-state index is 0.00854. The highest BCUT2D eigenvalue weighted by Crippen LogP contribution is 2.51. The van der Waals surface area contributed by atoms with E-state index in [4.69, 9.17) is 5.11 Å². The molecule has 0 atom stereocenters. The maximum absolute atomic E-state index is 12.3. The number of nitrogens with zero attached hydrogens (tertiary/aromatic N) is 1. The van der Waals surface area contributed by atoms with Crippen LogP contribution in [-0.4, -0.2) is 64.8 Å². The Balaban J connectivity index is 0.000000535. The molecule has 0 bridgehead atoms. The summed E-state index contributed by atoms with van der Waals surface area (Å²) in [5.41, 5.74) is 5.51. The van der Waals surface area contributed by atoms with Crippen molar-refractivity contribution >= 4 is 5.91 Å². The van der Waals surface area contributed by atoms with Crippen LogP contribution in [0.15, 0.2) is 30.3 Å². The van der Waals surface area contributed by atoms with E-state index in [1.165, 1.54) is 134 Å². The number of amides is 1. The highest BCUT2D eigenvalue weighted by atomic mass is 19.3. The lowest BCUT2D eigenvalue weighted by molar-refractivity contribution is -0.138. The second kappa shape index (κ2) is 38.8. The van der Waals surface area contributed by atoms with Crippen molar-refractivity contribution in [2.75, 3.05) is 26.2 Å². The summed E-state index contributed by atoms with van der Waals surface area (Å²) < 4.78 is 24.6. The van der Waals surface area contributed by atoms with Crippen molar-refractivity contribution in [2.45, 2.75) is 399 Å². The lowest BCUT2D eigenvalue weighted by atomic mass is 9.61. The first-order chi connectivity index (χ1) is 43.2. The van der Waals surface area contributed by atoms with Crippen molar-refractivity contribution in [2.24, 2.45) is 102 Å². The third kappa shape index (κ3) is 39.2. The molecule has 1 aromatic carbocycles. The van der Waals surface area contributed by atoms with Crippen LogP contribution in [0.1, 0.15) is 381 Å². The standard InChI is InChI=1S/C11H21NO.C10H20.C10H14.C9H19N.C9H18O.C9H18.C8H14F2.C8H16O.C8H16.C7H14/c1-9(13)12-7-5-10(6-8-12)11(2,3)4;2*1-10(2,3)9-7-5-4-6-8-9;1-9(2,3)8-4-6-10-7-5-8;1-8(2,3)7-5-9(4,10)6-7;1-9(2,3)8-6-4-5-7-8;1-7(2,3)6-4-8(9,10)5-6;1-8(2,3)6-4-7(9)5-6;1-8(2,3)7-5-4-6-7;1-7(2,3)6-4-5-6/h10H,5-8H2,1-4H3;9H,4-8H2,1-3H3;4-8H,1-3H3;8,10H,4-7H2,1-3H3;7,10H,5-6H2,1-4H3;8H,4-7H2,1-3H3;6H,4-5H2,1-3H3;6-7,9H,4-5H2,1-3H3;7H,4-6H2,1-3H3;6H,4-5H2,1-3H3. The van der Waals surface area contributed by atoms with E-state index in [0.717, 1.165) is 86.1 Å². The molecule has 9 aliphatic rings. The maximum Gasteiger partial charge on any atom is 0.248 e. The number of rotatable bonds is 0. The van der Waals surface area contributed by atoms with Crippen molar-refractivity contribution in [1.29, 1.82) is 0 Å². The largest absolute Gasteiger partial charge is 0.393 e. The summed E-state index contributed by atoms with van der Waals surface area (Å²) in [6.07, 6.45) is 29.9. The maximum atomic E-state index is 12.3. The molecule has 1 amide bonds. The Morgan fingerprint density at radius 1 is 0.396 bits per heavy atom. The minimum atomic E-state index is -2.35. The van der Waals surface area contributed by atoms with Gasteiger partial charge in [-0.2, -0.15) is 0 Å². The summed E-state index contributed by atoms with van der Waals surface area (Å²) in [7, 11) is 0. The van der Waals surface area contributed by atoms with Gasteiger partial charge in [0.1, 0.15) is 0 Å². The second-order valence-electron chi connectivity index (χ2n) is 43.3. The van der Waals surface area contributed by atoms with E-state index in [0.29, 0.717) is 48.7 Å².